The number of anilines is 1. The van der Waals surface area contributed by atoms with E-state index in [0.717, 1.165) is 59.2 Å². The van der Waals surface area contributed by atoms with Crippen molar-refractivity contribution in [1.82, 2.24) is 10.3 Å². The smallest absolute Gasteiger partial charge is 0.408 e. The zero-order valence-electron chi connectivity index (χ0n) is 26.3. The number of benzene rings is 3. The summed E-state index contributed by atoms with van der Waals surface area (Å²) in [5, 5.41) is 6.12. The quantitative estimate of drug-likeness (QED) is 0.208. The van der Waals surface area contributed by atoms with Gasteiger partial charge in [-0.2, -0.15) is 0 Å². The Morgan fingerprint density at radius 2 is 1.53 bits per heavy atom. The van der Waals surface area contributed by atoms with Crippen molar-refractivity contribution in [1.29, 1.82) is 0 Å². The number of alkyl carbamates (subject to hydrolysis) is 1. The maximum Gasteiger partial charge on any atom is 0.408 e. The maximum absolute atomic E-state index is 13.1. The third-order valence-electron chi connectivity index (χ3n) is 9.37. The van der Waals surface area contributed by atoms with Crippen molar-refractivity contribution >= 4 is 17.7 Å². The number of nitrogens with one attached hydrogen (secondary N) is 2. The molecule has 0 bridgehead atoms. The van der Waals surface area contributed by atoms with Crippen molar-refractivity contribution in [3.8, 4) is 22.4 Å². The molecule has 0 unspecified atom stereocenters. The van der Waals surface area contributed by atoms with Crippen LogP contribution in [0.4, 0.5) is 10.5 Å². The summed E-state index contributed by atoms with van der Waals surface area (Å²) in [5.74, 6) is -0.135. The van der Waals surface area contributed by atoms with E-state index in [0.29, 0.717) is 44.5 Å². The lowest BCUT2D eigenvalue weighted by Crippen LogP contribution is -2.59. The molecule has 47 heavy (non-hydrogen) atoms. The molecule has 3 fully saturated rings. The number of aromatic nitrogens is 1. The molecule has 1 aromatic heterocycles. The minimum Gasteiger partial charge on any atom is -0.445 e. The molecular formula is C38H39N3O6. The highest BCUT2D eigenvalue weighted by atomic mass is 16.7. The van der Waals surface area contributed by atoms with E-state index in [2.05, 4.69) is 10.6 Å². The lowest BCUT2D eigenvalue weighted by atomic mass is 9.83. The van der Waals surface area contributed by atoms with Gasteiger partial charge < -0.3 is 29.6 Å². The summed E-state index contributed by atoms with van der Waals surface area (Å²) in [5.41, 5.74) is 5.47. The molecule has 1 saturated carbocycles. The highest BCUT2D eigenvalue weighted by molar-refractivity contribution is 5.93. The number of amides is 2. The number of hydrogen-bond acceptors (Lipinski definition) is 7. The van der Waals surface area contributed by atoms with Crippen molar-refractivity contribution < 1.29 is 28.5 Å². The molecular weight excluding hydrogens is 594 g/mol. The summed E-state index contributed by atoms with van der Waals surface area (Å²) in [6.07, 6.45) is 5.17. The second kappa shape index (κ2) is 13.7. The fourth-order valence-electron chi connectivity index (χ4n) is 6.70. The van der Waals surface area contributed by atoms with E-state index in [9.17, 15) is 9.59 Å². The van der Waals surface area contributed by atoms with Crippen LogP contribution in [0.5, 0.6) is 0 Å². The number of rotatable bonds is 9. The standard InChI is InChI=1S/C38H39N3O6/c42-34(21-27-15-17-38(18-16-27)46-19-20-47-38)40-32-22-33(29-9-5-2-6-10-29)35(39-23-32)30-11-13-31(14-12-30)37(25-44-26-37)41-36(43)45-24-28-7-3-1-4-8-28/h1-14,22-23,27H,15-21,24-26H2,(H,40,42)(H,41,43). The summed E-state index contributed by atoms with van der Waals surface area (Å²) < 4.78 is 22.7. The number of hydrogen-bond donors (Lipinski definition) is 2. The molecule has 7 rings (SSSR count). The number of carbonyl (C=O) groups excluding carboxylic acids is 2. The Bertz CT molecular complexity index is 1680. The van der Waals surface area contributed by atoms with Crippen LogP contribution in [0, 0.1) is 5.92 Å². The van der Waals surface area contributed by atoms with Crippen LogP contribution in [0.15, 0.2) is 97.2 Å². The number of ether oxygens (including phenoxy) is 4. The Kier molecular flexibility index (Phi) is 9.02. The zero-order chi connectivity index (χ0) is 32.1. The van der Waals surface area contributed by atoms with Crippen LogP contribution >= 0.6 is 0 Å². The van der Waals surface area contributed by atoms with E-state index >= 15 is 0 Å². The van der Waals surface area contributed by atoms with Crippen molar-refractivity contribution in [3.63, 3.8) is 0 Å². The summed E-state index contributed by atoms with van der Waals surface area (Å²) in [7, 11) is 0. The first kappa shape index (κ1) is 31.1. The maximum atomic E-state index is 13.1. The predicted molar refractivity (Wildman–Crippen MR) is 177 cm³/mol. The van der Waals surface area contributed by atoms with Gasteiger partial charge in [-0.05, 0) is 41.5 Å². The van der Waals surface area contributed by atoms with Gasteiger partial charge in [0.25, 0.3) is 0 Å². The summed E-state index contributed by atoms with van der Waals surface area (Å²) >= 11 is 0. The van der Waals surface area contributed by atoms with Crippen molar-refractivity contribution in [2.75, 3.05) is 31.7 Å². The normalized spacial score (nSPS) is 18.3. The van der Waals surface area contributed by atoms with Gasteiger partial charge in [0.2, 0.25) is 5.91 Å². The molecule has 3 heterocycles. The Morgan fingerprint density at radius 1 is 0.851 bits per heavy atom. The minimum atomic E-state index is -0.661. The van der Waals surface area contributed by atoms with Gasteiger partial charge in [0, 0.05) is 30.4 Å². The molecule has 9 nitrogen and oxygen atoms in total. The van der Waals surface area contributed by atoms with E-state index in [1.807, 2.05) is 91.0 Å². The molecule has 1 spiro atoms. The topological polar surface area (TPSA) is 108 Å². The van der Waals surface area contributed by atoms with Gasteiger partial charge in [-0.1, -0.05) is 84.9 Å². The van der Waals surface area contributed by atoms with Crippen LogP contribution in [0.1, 0.15) is 43.2 Å². The van der Waals surface area contributed by atoms with Gasteiger partial charge in [-0.15, -0.1) is 0 Å². The van der Waals surface area contributed by atoms with Gasteiger partial charge >= 0.3 is 6.09 Å². The summed E-state index contributed by atoms with van der Waals surface area (Å²) in [6.45, 7) is 2.22. The SMILES string of the molecule is O=C(CC1CCC2(CC1)OCCO2)Nc1cnc(-c2ccc(C3(NC(=O)OCc4ccccc4)COC3)cc2)c(-c2ccccc2)c1. The van der Waals surface area contributed by atoms with Gasteiger partial charge in [0.15, 0.2) is 5.79 Å². The molecule has 0 radical (unpaired) electrons. The third kappa shape index (κ3) is 7.07. The minimum absolute atomic E-state index is 0.0140. The van der Waals surface area contributed by atoms with Crippen LogP contribution in [-0.4, -0.2) is 49.2 Å². The largest absolute Gasteiger partial charge is 0.445 e. The summed E-state index contributed by atoms with van der Waals surface area (Å²) in [4.78, 5) is 30.7. The molecule has 1 aliphatic carbocycles. The second-order valence-corrected chi connectivity index (χ2v) is 12.6. The highest BCUT2D eigenvalue weighted by Gasteiger charge is 2.43. The van der Waals surface area contributed by atoms with E-state index in [1.54, 1.807) is 6.20 Å². The first-order valence-corrected chi connectivity index (χ1v) is 16.3. The van der Waals surface area contributed by atoms with Crippen LogP contribution in [0.2, 0.25) is 0 Å². The van der Waals surface area contributed by atoms with Crippen molar-refractivity contribution in [2.45, 2.75) is 50.0 Å². The van der Waals surface area contributed by atoms with E-state index in [1.165, 1.54) is 0 Å². The monoisotopic (exact) mass is 633 g/mol. The predicted octanol–water partition coefficient (Wildman–Crippen LogP) is 6.83. The Balaban J connectivity index is 1.04. The Labute approximate surface area is 274 Å². The Hall–Kier alpha value is -4.57. The van der Waals surface area contributed by atoms with Gasteiger partial charge in [0.1, 0.15) is 12.1 Å². The lowest BCUT2D eigenvalue weighted by molar-refractivity contribution is -0.183. The average molecular weight is 634 g/mol. The molecule has 3 aliphatic rings. The van der Waals surface area contributed by atoms with Gasteiger partial charge in [-0.3, -0.25) is 9.78 Å². The fourth-order valence-corrected chi connectivity index (χ4v) is 6.70. The first-order valence-electron chi connectivity index (χ1n) is 16.3. The molecule has 2 N–H and O–H groups in total. The van der Waals surface area contributed by atoms with E-state index in [4.69, 9.17) is 23.9 Å². The van der Waals surface area contributed by atoms with Crippen LogP contribution in [-0.2, 0) is 35.9 Å². The molecule has 2 aliphatic heterocycles. The van der Waals surface area contributed by atoms with E-state index < -0.39 is 17.4 Å². The Morgan fingerprint density at radius 3 is 2.19 bits per heavy atom. The van der Waals surface area contributed by atoms with Crippen molar-refractivity contribution in [2.24, 2.45) is 5.92 Å². The van der Waals surface area contributed by atoms with Crippen LogP contribution < -0.4 is 10.6 Å². The van der Waals surface area contributed by atoms with Crippen LogP contribution in [0.25, 0.3) is 22.4 Å². The lowest BCUT2D eigenvalue weighted by Gasteiger charge is -2.42. The molecule has 2 saturated heterocycles. The van der Waals surface area contributed by atoms with Gasteiger partial charge in [-0.25, -0.2) is 4.79 Å². The molecule has 9 heteroatoms. The molecule has 242 valence electrons. The van der Waals surface area contributed by atoms with Crippen molar-refractivity contribution in [3.05, 3.63) is 108 Å². The number of nitrogens with zero attached hydrogens (tertiary/aromatic N) is 1. The molecule has 2 amide bonds. The molecule has 0 atom stereocenters. The number of carbonyl (C=O) groups is 2. The second-order valence-electron chi connectivity index (χ2n) is 12.6. The molecule has 3 aromatic carbocycles. The number of pyridine rings is 1. The third-order valence-corrected chi connectivity index (χ3v) is 9.37. The average Bonchev–Trinajstić information content (AvgIpc) is 3.55. The molecule has 4 aromatic rings. The summed E-state index contributed by atoms with van der Waals surface area (Å²) in [6, 6.07) is 29.6. The zero-order valence-corrected chi connectivity index (χ0v) is 26.3. The van der Waals surface area contributed by atoms with E-state index in [-0.39, 0.29) is 12.5 Å². The van der Waals surface area contributed by atoms with Crippen LogP contribution in [0.3, 0.4) is 0 Å². The fraction of sp³-hybridized carbons (Fsp3) is 0.342. The first-order chi connectivity index (χ1) is 23.0. The van der Waals surface area contributed by atoms with Gasteiger partial charge in [0.05, 0.1) is 44.0 Å². The highest BCUT2D eigenvalue weighted by Crippen LogP contribution is 2.40.